The molecule has 2 aromatic rings. The second-order valence-corrected chi connectivity index (χ2v) is 4.99. The van der Waals surface area contributed by atoms with Gasteiger partial charge < -0.3 is 10.5 Å². The quantitative estimate of drug-likeness (QED) is 0.930. The van der Waals surface area contributed by atoms with Gasteiger partial charge in [0.2, 0.25) is 0 Å². The van der Waals surface area contributed by atoms with E-state index in [0.717, 1.165) is 4.88 Å². The monoisotopic (exact) mass is 274 g/mol. The van der Waals surface area contributed by atoms with Crippen molar-refractivity contribution in [1.82, 2.24) is 4.98 Å². The number of thiazole rings is 1. The lowest BCUT2D eigenvalue weighted by molar-refractivity contribution is 0.309. The minimum atomic E-state index is 0.423. The van der Waals surface area contributed by atoms with Crippen LogP contribution in [0.4, 0.5) is 5.13 Å². The topological polar surface area (TPSA) is 48.1 Å². The average molecular weight is 275 g/mol. The number of anilines is 1. The fourth-order valence-electron chi connectivity index (χ4n) is 1.11. The minimum Gasteiger partial charge on any atom is -0.488 e. The van der Waals surface area contributed by atoms with Gasteiger partial charge in [0.15, 0.2) is 5.13 Å². The second-order valence-electron chi connectivity index (χ2n) is 3.03. The first-order valence-corrected chi connectivity index (χ1v) is 6.00. The van der Waals surface area contributed by atoms with Gasteiger partial charge in [-0.25, -0.2) is 4.98 Å². The third-order valence-electron chi connectivity index (χ3n) is 1.84. The van der Waals surface area contributed by atoms with Gasteiger partial charge in [-0.2, -0.15) is 0 Å². The molecule has 0 bridgehead atoms. The molecule has 1 heterocycles. The maximum atomic E-state index is 5.86. The van der Waals surface area contributed by atoms with Crippen molar-refractivity contribution in [3.05, 3.63) is 39.3 Å². The molecular weight excluding hydrogens is 267 g/mol. The van der Waals surface area contributed by atoms with Crippen LogP contribution in [-0.2, 0) is 6.61 Å². The van der Waals surface area contributed by atoms with Gasteiger partial charge in [-0.15, -0.1) is 0 Å². The van der Waals surface area contributed by atoms with Crippen LogP contribution >= 0.6 is 34.5 Å². The standard InChI is InChI=1S/C10H8Cl2N2OS/c11-8-2-1-6(3-9(8)12)15-5-7-4-14-10(13)16-7/h1-4H,5H2,(H2,13,14). The molecule has 0 aliphatic carbocycles. The van der Waals surface area contributed by atoms with Gasteiger partial charge in [0, 0.05) is 12.3 Å². The van der Waals surface area contributed by atoms with Gasteiger partial charge >= 0.3 is 0 Å². The van der Waals surface area contributed by atoms with Gasteiger partial charge in [-0.1, -0.05) is 34.5 Å². The Morgan fingerprint density at radius 1 is 1.31 bits per heavy atom. The fourth-order valence-corrected chi connectivity index (χ4v) is 2.00. The third-order valence-corrected chi connectivity index (χ3v) is 3.38. The smallest absolute Gasteiger partial charge is 0.180 e. The molecule has 1 aromatic carbocycles. The van der Waals surface area contributed by atoms with E-state index in [1.54, 1.807) is 24.4 Å². The molecule has 0 radical (unpaired) electrons. The molecule has 0 saturated heterocycles. The van der Waals surface area contributed by atoms with Crippen LogP contribution in [0, 0.1) is 0 Å². The van der Waals surface area contributed by atoms with Crippen molar-refractivity contribution in [3.8, 4) is 5.75 Å². The normalized spacial score (nSPS) is 10.4. The number of nitrogens with zero attached hydrogens (tertiary/aromatic N) is 1. The Kier molecular flexibility index (Phi) is 3.53. The molecule has 3 nitrogen and oxygen atoms in total. The van der Waals surface area contributed by atoms with Crippen molar-refractivity contribution in [1.29, 1.82) is 0 Å². The number of rotatable bonds is 3. The van der Waals surface area contributed by atoms with Crippen LogP contribution in [0.15, 0.2) is 24.4 Å². The first kappa shape index (κ1) is 11.5. The molecule has 16 heavy (non-hydrogen) atoms. The van der Waals surface area contributed by atoms with Crippen molar-refractivity contribution >= 4 is 39.7 Å². The van der Waals surface area contributed by atoms with E-state index >= 15 is 0 Å². The van der Waals surface area contributed by atoms with E-state index in [0.29, 0.717) is 27.5 Å². The summed E-state index contributed by atoms with van der Waals surface area (Å²) in [6, 6.07) is 5.13. The van der Waals surface area contributed by atoms with Gasteiger partial charge in [0.25, 0.3) is 0 Å². The molecule has 0 fully saturated rings. The Labute approximate surface area is 107 Å². The van der Waals surface area contributed by atoms with Crippen LogP contribution < -0.4 is 10.5 Å². The minimum absolute atomic E-state index is 0.423. The summed E-state index contributed by atoms with van der Waals surface area (Å²) in [5.74, 6) is 0.668. The maximum absolute atomic E-state index is 5.86. The highest BCUT2D eigenvalue weighted by Crippen LogP contribution is 2.27. The summed E-state index contributed by atoms with van der Waals surface area (Å²) < 4.78 is 5.51. The number of aromatic nitrogens is 1. The SMILES string of the molecule is Nc1ncc(COc2ccc(Cl)c(Cl)c2)s1. The van der Waals surface area contributed by atoms with E-state index in [4.69, 9.17) is 33.7 Å². The van der Waals surface area contributed by atoms with Crippen molar-refractivity contribution in [2.24, 2.45) is 0 Å². The molecular formula is C10H8Cl2N2OS. The van der Waals surface area contributed by atoms with Crippen molar-refractivity contribution in [3.63, 3.8) is 0 Å². The van der Waals surface area contributed by atoms with Crippen LogP contribution in [0.25, 0.3) is 0 Å². The summed E-state index contributed by atoms with van der Waals surface area (Å²) >= 11 is 13.0. The van der Waals surface area contributed by atoms with Crippen molar-refractivity contribution < 1.29 is 4.74 Å². The molecule has 6 heteroatoms. The summed E-state index contributed by atoms with van der Waals surface area (Å²) in [6.07, 6.45) is 1.69. The maximum Gasteiger partial charge on any atom is 0.180 e. The second kappa shape index (κ2) is 4.91. The molecule has 1 aromatic heterocycles. The first-order chi connectivity index (χ1) is 7.65. The van der Waals surface area contributed by atoms with Crippen LogP contribution in [0.1, 0.15) is 4.88 Å². The van der Waals surface area contributed by atoms with Crippen LogP contribution in [0.5, 0.6) is 5.75 Å². The van der Waals surface area contributed by atoms with Gasteiger partial charge in [0.05, 0.1) is 14.9 Å². The van der Waals surface area contributed by atoms with E-state index in [1.807, 2.05) is 0 Å². The highest BCUT2D eigenvalue weighted by Gasteiger charge is 2.02. The zero-order valence-electron chi connectivity index (χ0n) is 8.11. The van der Waals surface area contributed by atoms with E-state index in [9.17, 15) is 0 Å². The average Bonchev–Trinajstić information content (AvgIpc) is 2.66. The van der Waals surface area contributed by atoms with Gasteiger partial charge in [-0.3, -0.25) is 0 Å². The molecule has 0 amide bonds. The summed E-state index contributed by atoms with van der Waals surface area (Å²) in [7, 11) is 0. The van der Waals surface area contributed by atoms with E-state index in [1.165, 1.54) is 11.3 Å². The Hall–Kier alpha value is -0.970. The third kappa shape index (κ3) is 2.78. The first-order valence-electron chi connectivity index (χ1n) is 4.43. The highest BCUT2D eigenvalue weighted by molar-refractivity contribution is 7.15. The molecule has 0 aliphatic rings. The van der Waals surface area contributed by atoms with Gasteiger partial charge in [-0.05, 0) is 12.1 Å². The van der Waals surface area contributed by atoms with E-state index in [-0.39, 0.29) is 0 Å². The number of hydrogen-bond donors (Lipinski definition) is 1. The Bertz CT molecular complexity index is 501. The number of nitrogens with two attached hydrogens (primary N) is 1. The lowest BCUT2D eigenvalue weighted by Gasteiger charge is -2.05. The van der Waals surface area contributed by atoms with Crippen molar-refractivity contribution in [2.75, 3.05) is 5.73 Å². The molecule has 2 N–H and O–H groups in total. The largest absolute Gasteiger partial charge is 0.488 e. The summed E-state index contributed by atoms with van der Waals surface area (Å²) in [5, 5.41) is 1.52. The molecule has 0 aliphatic heterocycles. The lowest BCUT2D eigenvalue weighted by atomic mass is 10.3. The predicted octanol–water partition coefficient (Wildman–Crippen LogP) is 3.61. The Morgan fingerprint density at radius 3 is 2.75 bits per heavy atom. The predicted molar refractivity (Wildman–Crippen MR) is 67.3 cm³/mol. The molecule has 0 unspecified atom stereocenters. The summed E-state index contributed by atoms with van der Waals surface area (Å²) in [6.45, 7) is 0.423. The highest BCUT2D eigenvalue weighted by atomic mass is 35.5. The van der Waals surface area contributed by atoms with Gasteiger partial charge in [0.1, 0.15) is 12.4 Å². The fraction of sp³-hybridized carbons (Fsp3) is 0.100. The number of benzene rings is 1. The zero-order chi connectivity index (χ0) is 11.5. The molecule has 84 valence electrons. The van der Waals surface area contributed by atoms with Crippen LogP contribution in [-0.4, -0.2) is 4.98 Å². The number of halogens is 2. The molecule has 0 saturated carbocycles. The molecule has 2 rings (SSSR count). The summed E-state index contributed by atoms with van der Waals surface area (Å²) in [5.41, 5.74) is 5.50. The number of nitrogen functional groups attached to an aromatic ring is 1. The molecule has 0 spiro atoms. The van der Waals surface area contributed by atoms with Crippen LogP contribution in [0.3, 0.4) is 0 Å². The zero-order valence-corrected chi connectivity index (χ0v) is 10.4. The van der Waals surface area contributed by atoms with E-state index < -0.39 is 0 Å². The van der Waals surface area contributed by atoms with E-state index in [2.05, 4.69) is 4.98 Å². The van der Waals surface area contributed by atoms with Crippen LogP contribution in [0.2, 0.25) is 10.0 Å². The molecule has 0 atom stereocenters. The van der Waals surface area contributed by atoms with Crippen molar-refractivity contribution in [2.45, 2.75) is 6.61 Å². The Morgan fingerprint density at radius 2 is 2.12 bits per heavy atom. The number of ether oxygens (including phenoxy) is 1. The number of hydrogen-bond acceptors (Lipinski definition) is 4. The lowest BCUT2D eigenvalue weighted by Crippen LogP contribution is -1.92. The summed E-state index contributed by atoms with van der Waals surface area (Å²) in [4.78, 5) is 4.89. The Balaban J connectivity index is 2.02.